The van der Waals surface area contributed by atoms with Crippen LogP contribution in [0, 0.1) is 0 Å². The maximum absolute atomic E-state index is 13.7. The number of benzene rings is 2. The summed E-state index contributed by atoms with van der Waals surface area (Å²) < 4.78 is 52.6. The lowest BCUT2D eigenvalue weighted by atomic mass is 9.89. The van der Waals surface area contributed by atoms with Gasteiger partial charge in [0.25, 0.3) is 0 Å². The number of hydrogen-bond acceptors (Lipinski definition) is 6. The lowest BCUT2D eigenvalue weighted by molar-refractivity contribution is -0.143. The Balaban J connectivity index is 1.31. The number of likely N-dealkylation sites (tertiary alicyclic amines) is 1. The van der Waals surface area contributed by atoms with Crippen molar-refractivity contribution in [1.82, 2.24) is 19.7 Å². The van der Waals surface area contributed by atoms with Gasteiger partial charge in [-0.05, 0) is 54.2 Å². The van der Waals surface area contributed by atoms with Crippen molar-refractivity contribution in [3.8, 4) is 22.8 Å². The SMILES string of the molecule is COC(=O)N1CCC(c2ccc(COc3ccccc3-c3cccc(-n4ncc(C(=O)O)c4C(F)(F)F)n3)cc2)CC1. The number of nitrogens with zero attached hydrogens (tertiary/aromatic N) is 4. The van der Waals surface area contributed by atoms with Crippen molar-refractivity contribution in [3.05, 3.63) is 95.3 Å². The number of piperidine rings is 1. The summed E-state index contributed by atoms with van der Waals surface area (Å²) in [7, 11) is 1.38. The Bertz CT molecular complexity index is 1580. The number of carboxylic acid groups (broad SMARTS) is 1. The van der Waals surface area contributed by atoms with Crippen molar-refractivity contribution in [2.24, 2.45) is 0 Å². The van der Waals surface area contributed by atoms with Crippen LogP contribution in [0.5, 0.6) is 5.75 Å². The summed E-state index contributed by atoms with van der Waals surface area (Å²) in [4.78, 5) is 29.2. The molecule has 1 aliphatic rings. The van der Waals surface area contributed by atoms with Gasteiger partial charge in [-0.3, -0.25) is 0 Å². The van der Waals surface area contributed by atoms with Crippen molar-refractivity contribution in [1.29, 1.82) is 0 Å². The Morgan fingerprint density at radius 1 is 1.00 bits per heavy atom. The predicted octanol–water partition coefficient (Wildman–Crippen LogP) is 6.18. The Morgan fingerprint density at radius 3 is 2.38 bits per heavy atom. The molecule has 218 valence electrons. The quantitative estimate of drug-likeness (QED) is 0.278. The minimum Gasteiger partial charge on any atom is -0.488 e. The zero-order chi connectivity index (χ0) is 29.9. The maximum Gasteiger partial charge on any atom is 0.434 e. The predicted molar refractivity (Wildman–Crippen MR) is 145 cm³/mol. The highest BCUT2D eigenvalue weighted by Crippen LogP contribution is 2.35. The van der Waals surface area contributed by atoms with Gasteiger partial charge >= 0.3 is 18.2 Å². The number of carbonyl (C=O) groups is 2. The van der Waals surface area contributed by atoms with E-state index in [0.717, 1.165) is 18.4 Å². The molecule has 42 heavy (non-hydrogen) atoms. The molecule has 0 spiro atoms. The van der Waals surface area contributed by atoms with E-state index in [1.165, 1.54) is 24.8 Å². The van der Waals surface area contributed by atoms with Crippen LogP contribution < -0.4 is 4.74 Å². The third kappa shape index (κ3) is 6.07. The fourth-order valence-corrected chi connectivity index (χ4v) is 5.02. The highest BCUT2D eigenvalue weighted by molar-refractivity contribution is 5.89. The number of amides is 1. The number of methoxy groups -OCH3 is 1. The van der Waals surface area contributed by atoms with Crippen LogP contribution in [0.4, 0.5) is 18.0 Å². The van der Waals surface area contributed by atoms with Crippen LogP contribution in [0.25, 0.3) is 17.1 Å². The van der Waals surface area contributed by atoms with Crippen molar-refractivity contribution >= 4 is 12.1 Å². The Hall–Kier alpha value is -4.87. The lowest BCUT2D eigenvalue weighted by Crippen LogP contribution is -2.37. The summed E-state index contributed by atoms with van der Waals surface area (Å²) in [6, 6.07) is 19.6. The molecule has 4 aromatic rings. The van der Waals surface area contributed by atoms with Crippen LogP contribution in [0.3, 0.4) is 0 Å². The fraction of sp³-hybridized carbons (Fsp3) is 0.267. The van der Waals surface area contributed by atoms with E-state index in [-0.39, 0.29) is 18.5 Å². The minimum absolute atomic E-state index is 0.185. The van der Waals surface area contributed by atoms with E-state index in [4.69, 9.17) is 9.47 Å². The molecular weight excluding hydrogens is 553 g/mol. The largest absolute Gasteiger partial charge is 0.488 e. The van der Waals surface area contributed by atoms with Crippen molar-refractivity contribution in [3.63, 3.8) is 0 Å². The number of carbonyl (C=O) groups excluding carboxylic acids is 1. The first-order valence-electron chi connectivity index (χ1n) is 13.2. The van der Waals surface area contributed by atoms with Gasteiger partial charge in [-0.15, -0.1) is 0 Å². The summed E-state index contributed by atoms with van der Waals surface area (Å²) in [6.45, 7) is 1.54. The van der Waals surface area contributed by atoms with Gasteiger partial charge in [0, 0.05) is 18.7 Å². The van der Waals surface area contributed by atoms with E-state index in [1.807, 2.05) is 12.1 Å². The molecule has 1 fully saturated rings. The van der Waals surface area contributed by atoms with E-state index < -0.39 is 23.4 Å². The summed E-state index contributed by atoms with van der Waals surface area (Å²) in [5.41, 5.74) is 0.616. The number of aromatic nitrogens is 3. The Kier molecular flexibility index (Phi) is 8.14. The van der Waals surface area contributed by atoms with Gasteiger partial charge in [-0.1, -0.05) is 42.5 Å². The molecule has 2 aromatic carbocycles. The Morgan fingerprint density at radius 2 is 1.71 bits per heavy atom. The second-order valence-electron chi connectivity index (χ2n) is 9.76. The summed E-state index contributed by atoms with van der Waals surface area (Å²) in [5.74, 6) is -1.10. The third-order valence-corrected chi connectivity index (χ3v) is 7.16. The molecule has 12 heteroatoms. The molecule has 0 unspecified atom stereocenters. The second kappa shape index (κ2) is 11.9. The van der Waals surface area contributed by atoms with Crippen molar-refractivity contribution < 1.29 is 37.3 Å². The van der Waals surface area contributed by atoms with Gasteiger partial charge in [-0.25, -0.2) is 19.3 Å². The topological polar surface area (TPSA) is 107 Å². The molecule has 0 bridgehead atoms. The number of alkyl halides is 3. The van der Waals surface area contributed by atoms with Gasteiger partial charge in [-0.2, -0.15) is 18.3 Å². The summed E-state index contributed by atoms with van der Waals surface area (Å²) in [6.07, 6.45) is -2.90. The molecule has 9 nitrogen and oxygen atoms in total. The average Bonchev–Trinajstić information content (AvgIpc) is 3.47. The highest BCUT2D eigenvalue weighted by Gasteiger charge is 2.41. The molecule has 0 atom stereocenters. The third-order valence-electron chi connectivity index (χ3n) is 7.16. The lowest BCUT2D eigenvalue weighted by Gasteiger charge is -2.31. The van der Waals surface area contributed by atoms with E-state index in [2.05, 4.69) is 22.2 Å². The molecule has 1 N–H and O–H groups in total. The van der Waals surface area contributed by atoms with Gasteiger partial charge < -0.3 is 19.5 Å². The first-order chi connectivity index (χ1) is 20.2. The normalized spacial score (nSPS) is 14.0. The number of hydrogen-bond donors (Lipinski definition) is 1. The molecule has 0 aliphatic carbocycles. The molecule has 1 amide bonds. The number of halogens is 3. The van der Waals surface area contributed by atoms with Crippen molar-refractivity contribution in [2.75, 3.05) is 20.2 Å². The monoisotopic (exact) mass is 580 g/mol. The second-order valence-corrected chi connectivity index (χ2v) is 9.76. The summed E-state index contributed by atoms with van der Waals surface area (Å²) >= 11 is 0. The number of carboxylic acids is 1. The molecule has 1 saturated heterocycles. The fourth-order valence-electron chi connectivity index (χ4n) is 5.02. The molecule has 5 rings (SSSR count). The molecular formula is C30H27F3N4O5. The zero-order valence-corrected chi connectivity index (χ0v) is 22.5. The van der Waals surface area contributed by atoms with Crippen LogP contribution >= 0.6 is 0 Å². The first-order valence-corrected chi connectivity index (χ1v) is 13.2. The summed E-state index contributed by atoms with van der Waals surface area (Å²) in [5, 5.41) is 12.9. The highest BCUT2D eigenvalue weighted by atomic mass is 19.4. The molecule has 2 aromatic heterocycles. The van der Waals surface area contributed by atoms with E-state index in [0.29, 0.717) is 46.9 Å². The van der Waals surface area contributed by atoms with Crippen LogP contribution in [-0.4, -0.2) is 57.0 Å². The van der Waals surface area contributed by atoms with Gasteiger partial charge in [0.15, 0.2) is 11.5 Å². The van der Waals surface area contributed by atoms with E-state index in [9.17, 15) is 27.9 Å². The molecule has 1 aliphatic heterocycles. The Labute approximate surface area is 239 Å². The van der Waals surface area contributed by atoms with Crippen LogP contribution in [0.15, 0.2) is 72.9 Å². The van der Waals surface area contributed by atoms with Crippen molar-refractivity contribution in [2.45, 2.75) is 31.5 Å². The number of pyridine rings is 1. The van der Waals surface area contributed by atoms with E-state index in [1.54, 1.807) is 35.2 Å². The maximum atomic E-state index is 13.7. The van der Waals surface area contributed by atoms with Gasteiger partial charge in [0.1, 0.15) is 17.9 Å². The smallest absolute Gasteiger partial charge is 0.434 e. The van der Waals surface area contributed by atoms with Crippen LogP contribution in [0.1, 0.15) is 45.9 Å². The molecule has 3 heterocycles. The van der Waals surface area contributed by atoms with Crippen LogP contribution in [0.2, 0.25) is 0 Å². The number of rotatable bonds is 7. The zero-order valence-electron chi connectivity index (χ0n) is 22.5. The van der Waals surface area contributed by atoms with Gasteiger partial charge in [0.2, 0.25) is 0 Å². The average molecular weight is 581 g/mol. The number of ether oxygens (including phenoxy) is 2. The first kappa shape index (κ1) is 28.7. The number of para-hydroxylation sites is 1. The number of aromatic carboxylic acids is 1. The van der Waals surface area contributed by atoms with Gasteiger partial charge in [0.05, 0.1) is 19.0 Å². The standard InChI is InChI=1S/C30H27F3N4O5/c1-41-29(40)36-15-13-21(14-16-36)20-11-9-19(10-12-20)18-42-25-7-3-2-5-22(25)24-6-4-8-26(35-24)37-27(30(31,32)33)23(17-34-37)28(38)39/h2-12,17,21H,13-16,18H2,1H3,(H,38,39). The van der Waals surface area contributed by atoms with E-state index >= 15 is 0 Å². The molecule has 0 saturated carbocycles. The van der Waals surface area contributed by atoms with Crippen LogP contribution in [-0.2, 0) is 17.5 Å². The minimum atomic E-state index is -4.96. The molecule has 0 radical (unpaired) electrons.